The maximum absolute atomic E-state index is 12.2. The number of carbonyl (C=O) groups is 1. The van der Waals surface area contributed by atoms with Crippen molar-refractivity contribution in [2.24, 2.45) is 7.05 Å². The van der Waals surface area contributed by atoms with Crippen LogP contribution in [-0.2, 0) is 7.05 Å². The minimum atomic E-state index is -0.177. The molecule has 0 aliphatic heterocycles. The largest absolute Gasteiger partial charge is 0.322 e. The van der Waals surface area contributed by atoms with Gasteiger partial charge in [0.25, 0.3) is 5.91 Å². The number of aromatic nitrogens is 4. The molecule has 0 bridgehead atoms. The predicted molar refractivity (Wildman–Crippen MR) is 96.5 cm³/mol. The number of nitrogens with zero attached hydrogens (tertiary/aromatic N) is 4. The maximum atomic E-state index is 12.2. The maximum Gasteiger partial charge on any atom is 0.258 e. The average Bonchev–Trinajstić information content (AvgIpc) is 3.23. The number of fused-ring (bicyclic) bond motifs is 1. The number of hydrogen-bond donors (Lipinski definition) is 1. The van der Waals surface area contributed by atoms with Crippen LogP contribution in [0.3, 0.4) is 0 Å². The van der Waals surface area contributed by atoms with E-state index in [1.165, 1.54) is 0 Å². The minimum absolute atomic E-state index is 0.177. The number of imidazole rings is 1. The summed E-state index contributed by atoms with van der Waals surface area (Å²) < 4.78 is 3.62. The van der Waals surface area contributed by atoms with E-state index in [2.05, 4.69) is 15.4 Å². The summed E-state index contributed by atoms with van der Waals surface area (Å²) in [4.78, 5) is 16.8. The van der Waals surface area contributed by atoms with E-state index in [0.717, 1.165) is 28.2 Å². The molecule has 6 nitrogen and oxygen atoms in total. The number of amides is 1. The van der Waals surface area contributed by atoms with Crippen molar-refractivity contribution in [2.45, 2.75) is 6.92 Å². The summed E-state index contributed by atoms with van der Waals surface area (Å²) in [5, 5.41) is 6.87. The number of pyridine rings is 1. The van der Waals surface area contributed by atoms with Crippen LogP contribution in [0.1, 0.15) is 15.9 Å². The molecule has 1 N–H and O–H groups in total. The molecule has 0 spiro atoms. The highest BCUT2D eigenvalue weighted by Gasteiger charge is 2.09. The Labute approximate surface area is 144 Å². The Morgan fingerprint density at radius 3 is 2.60 bits per heavy atom. The number of hydrogen-bond acceptors (Lipinski definition) is 3. The second kappa shape index (κ2) is 5.90. The van der Waals surface area contributed by atoms with Gasteiger partial charge in [0, 0.05) is 36.9 Å². The van der Waals surface area contributed by atoms with Crippen LogP contribution in [0, 0.1) is 6.92 Å². The zero-order valence-electron chi connectivity index (χ0n) is 14.0. The van der Waals surface area contributed by atoms with E-state index >= 15 is 0 Å². The van der Waals surface area contributed by atoms with Crippen LogP contribution in [-0.4, -0.2) is 25.1 Å². The van der Waals surface area contributed by atoms with Crippen molar-refractivity contribution in [1.29, 1.82) is 0 Å². The summed E-state index contributed by atoms with van der Waals surface area (Å²) in [7, 11) is 1.78. The molecule has 0 saturated heterocycles. The molecule has 0 saturated carbocycles. The van der Waals surface area contributed by atoms with Crippen molar-refractivity contribution in [3.63, 3.8) is 0 Å². The van der Waals surface area contributed by atoms with Crippen molar-refractivity contribution in [3.8, 4) is 11.3 Å². The molecule has 0 atom stereocenters. The smallest absolute Gasteiger partial charge is 0.258 e. The number of benzene rings is 1. The van der Waals surface area contributed by atoms with Crippen molar-refractivity contribution >= 4 is 17.2 Å². The molecule has 6 heteroatoms. The van der Waals surface area contributed by atoms with Gasteiger partial charge in [0.2, 0.25) is 0 Å². The van der Waals surface area contributed by atoms with Gasteiger partial charge in [-0.05, 0) is 30.7 Å². The fourth-order valence-corrected chi connectivity index (χ4v) is 2.76. The van der Waals surface area contributed by atoms with E-state index in [9.17, 15) is 4.79 Å². The summed E-state index contributed by atoms with van der Waals surface area (Å²) in [5.74, 6) is -0.177. The lowest BCUT2D eigenvalue weighted by molar-refractivity contribution is 0.102. The third-order valence-corrected chi connectivity index (χ3v) is 4.08. The molecule has 0 aliphatic rings. The molecule has 1 amide bonds. The number of nitrogens with one attached hydrogen (secondary N) is 1. The molecule has 1 aromatic carbocycles. The predicted octanol–water partition coefficient (Wildman–Crippen LogP) is 3.30. The number of rotatable bonds is 3. The van der Waals surface area contributed by atoms with Crippen molar-refractivity contribution in [1.82, 2.24) is 19.2 Å². The third-order valence-electron chi connectivity index (χ3n) is 4.08. The molecule has 3 heterocycles. The van der Waals surface area contributed by atoms with E-state index in [4.69, 9.17) is 0 Å². The monoisotopic (exact) mass is 331 g/mol. The van der Waals surface area contributed by atoms with Gasteiger partial charge in [-0.3, -0.25) is 9.48 Å². The lowest BCUT2D eigenvalue weighted by Crippen LogP contribution is -2.10. The van der Waals surface area contributed by atoms with E-state index in [0.29, 0.717) is 5.56 Å². The summed E-state index contributed by atoms with van der Waals surface area (Å²) in [6, 6.07) is 11.7. The Morgan fingerprint density at radius 1 is 1.12 bits per heavy atom. The SMILES string of the molecule is Cc1cccn2cc(-c3ccc(NC(=O)c4cnn(C)c4)cc3)nc12. The lowest BCUT2D eigenvalue weighted by atomic mass is 10.1. The van der Waals surface area contributed by atoms with Gasteiger partial charge < -0.3 is 9.72 Å². The molecular formula is C19H17N5O. The summed E-state index contributed by atoms with van der Waals surface area (Å²) in [6.07, 6.45) is 7.22. The van der Waals surface area contributed by atoms with Crippen LogP contribution < -0.4 is 5.32 Å². The summed E-state index contributed by atoms with van der Waals surface area (Å²) >= 11 is 0. The summed E-state index contributed by atoms with van der Waals surface area (Å²) in [5.41, 5.74) is 5.25. The van der Waals surface area contributed by atoms with Gasteiger partial charge in [0.1, 0.15) is 5.65 Å². The molecule has 0 aliphatic carbocycles. The normalized spacial score (nSPS) is 11.0. The first-order valence-corrected chi connectivity index (χ1v) is 7.95. The molecule has 0 radical (unpaired) electrons. The van der Waals surface area contributed by atoms with Gasteiger partial charge in [-0.15, -0.1) is 0 Å². The average molecular weight is 331 g/mol. The number of aryl methyl sites for hydroxylation is 2. The number of anilines is 1. The van der Waals surface area contributed by atoms with Crippen LogP contribution in [0.15, 0.2) is 61.2 Å². The van der Waals surface area contributed by atoms with Crippen LogP contribution in [0.25, 0.3) is 16.9 Å². The molecule has 0 unspecified atom stereocenters. The Balaban J connectivity index is 1.57. The van der Waals surface area contributed by atoms with Crippen LogP contribution in [0.4, 0.5) is 5.69 Å². The van der Waals surface area contributed by atoms with Crippen molar-refractivity contribution in [2.75, 3.05) is 5.32 Å². The Morgan fingerprint density at radius 2 is 1.92 bits per heavy atom. The fraction of sp³-hybridized carbons (Fsp3) is 0.105. The standard InChI is InChI=1S/C19H17N5O/c1-13-4-3-9-24-12-17(22-18(13)24)14-5-7-16(8-6-14)21-19(25)15-10-20-23(2)11-15/h3-12H,1-2H3,(H,21,25). The molecule has 4 aromatic rings. The van der Waals surface area contributed by atoms with Gasteiger partial charge in [0.15, 0.2) is 0 Å². The highest BCUT2D eigenvalue weighted by molar-refractivity contribution is 6.04. The van der Waals surface area contributed by atoms with E-state index in [1.54, 1.807) is 24.1 Å². The van der Waals surface area contributed by atoms with Crippen LogP contribution in [0.2, 0.25) is 0 Å². The van der Waals surface area contributed by atoms with Crippen molar-refractivity contribution in [3.05, 3.63) is 72.3 Å². The first-order chi connectivity index (χ1) is 12.1. The van der Waals surface area contributed by atoms with Gasteiger partial charge in [-0.2, -0.15) is 5.10 Å². The third kappa shape index (κ3) is 2.89. The number of carbonyl (C=O) groups excluding carboxylic acids is 1. The molecule has 124 valence electrons. The van der Waals surface area contributed by atoms with Crippen molar-refractivity contribution < 1.29 is 4.79 Å². The topological polar surface area (TPSA) is 64.2 Å². The lowest BCUT2D eigenvalue weighted by Gasteiger charge is -2.04. The Bertz CT molecular complexity index is 1060. The van der Waals surface area contributed by atoms with E-state index in [-0.39, 0.29) is 5.91 Å². The van der Waals surface area contributed by atoms with E-state index < -0.39 is 0 Å². The summed E-state index contributed by atoms with van der Waals surface area (Å²) in [6.45, 7) is 2.04. The fourth-order valence-electron chi connectivity index (χ4n) is 2.76. The molecule has 25 heavy (non-hydrogen) atoms. The molecule has 0 fully saturated rings. The van der Waals surface area contributed by atoms with Gasteiger partial charge in [0.05, 0.1) is 17.5 Å². The van der Waals surface area contributed by atoms with Gasteiger partial charge in [-0.25, -0.2) is 4.98 Å². The first-order valence-electron chi connectivity index (χ1n) is 7.95. The van der Waals surface area contributed by atoms with Gasteiger partial charge in [-0.1, -0.05) is 18.2 Å². The van der Waals surface area contributed by atoms with E-state index in [1.807, 2.05) is 60.1 Å². The van der Waals surface area contributed by atoms with Gasteiger partial charge >= 0.3 is 0 Å². The highest BCUT2D eigenvalue weighted by Crippen LogP contribution is 2.22. The molecule has 3 aromatic heterocycles. The van der Waals surface area contributed by atoms with Crippen LogP contribution >= 0.6 is 0 Å². The second-order valence-corrected chi connectivity index (χ2v) is 5.98. The zero-order valence-corrected chi connectivity index (χ0v) is 14.0. The molecule has 4 rings (SSSR count). The highest BCUT2D eigenvalue weighted by atomic mass is 16.1. The minimum Gasteiger partial charge on any atom is -0.322 e. The second-order valence-electron chi connectivity index (χ2n) is 5.98. The Kier molecular flexibility index (Phi) is 3.57. The first kappa shape index (κ1) is 15.1. The molecular weight excluding hydrogens is 314 g/mol. The Hall–Kier alpha value is -3.41. The van der Waals surface area contributed by atoms with Crippen LogP contribution in [0.5, 0.6) is 0 Å². The zero-order chi connectivity index (χ0) is 17.4. The quantitative estimate of drug-likeness (QED) is 0.626.